The first kappa shape index (κ1) is 21.8. The molecule has 0 amide bonds. The third kappa shape index (κ3) is 3.72. The van der Waals surface area contributed by atoms with E-state index in [-0.39, 0.29) is 17.6 Å². The Kier molecular flexibility index (Phi) is 5.61. The van der Waals surface area contributed by atoms with Crippen molar-refractivity contribution in [3.8, 4) is 17.2 Å². The molecule has 176 valence electrons. The minimum absolute atomic E-state index is 0.00800. The number of allylic oxidation sites excluding steroid dienone is 2. The molecule has 0 saturated carbocycles. The number of methoxy groups -OCH3 is 2. The molecule has 2 atom stereocenters. The van der Waals surface area contributed by atoms with Crippen LogP contribution in [-0.4, -0.2) is 41.4 Å². The standard InChI is InChI=1S/C25H27N5O4/c1-4-34-17-8-5-14(6-9-17)23-22-18(27-25-28-24(26)29-30(23)25)11-16(12-19(22)31)15-7-10-20(32-2)21(13-15)33-3/h5-10,13,16,23H,4,11-12H2,1-3H3,(H3,26,27,28,29)/t16-,23-/m1/s1. The number of anilines is 2. The highest BCUT2D eigenvalue weighted by atomic mass is 16.5. The molecule has 1 aliphatic heterocycles. The van der Waals surface area contributed by atoms with E-state index >= 15 is 0 Å². The Hall–Kier alpha value is -4.01. The average molecular weight is 462 g/mol. The van der Waals surface area contributed by atoms with E-state index in [0.717, 1.165) is 22.6 Å². The van der Waals surface area contributed by atoms with E-state index in [2.05, 4.69) is 15.4 Å². The zero-order valence-electron chi connectivity index (χ0n) is 19.4. The van der Waals surface area contributed by atoms with Crippen molar-refractivity contribution in [2.75, 3.05) is 31.9 Å². The molecule has 9 nitrogen and oxygen atoms in total. The molecule has 34 heavy (non-hydrogen) atoms. The highest BCUT2D eigenvalue weighted by Crippen LogP contribution is 2.45. The number of nitrogens with one attached hydrogen (secondary N) is 1. The lowest BCUT2D eigenvalue weighted by Gasteiger charge is -2.35. The summed E-state index contributed by atoms with van der Waals surface area (Å²) in [4.78, 5) is 17.9. The fourth-order valence-electron chi connectivity index (χ4n) is 4.79. The fourth-order valence-corrected chi connectivity index (χ4v) is 4.79. The summed E-state index contributed by atoms with van der Waals surface area (Å²) in [5, 5.41) is 7.70. The number of ether oxygens (including phenoxy) is 3. The summed E-state index contributed by atoms with van der Waals surface area (Å²) in [6.45, 7) is 2.53. The van der Waals surface area contributed by atoms with Crippen molar-refractivity contribution in [3.63, 3.8) is 0 Å². The van der Waals surface area contributed by atoms with Gasteiger partial charge in [-0.15, -0.1) is 5.10 Å². The van der Waals surface area contributed by atoms with Crippen LogP contribution in [0.15, 0.2) is 53.7 Å². The molecule has 0 bridgehead atoms. The van der Waals surface area contributed by atoms with Crippen molar-refractivity contribution < 1.29 is 19.0 Å². The molecule has 3 aromatic rings. The lowest BCUT2D eigenvalue weighted by molar-refractivity contribution is -0.116. The monoisotopic (exact) mass is 461 g/mol. The van der Waals surface area contributed by atoms with Gasteiger partial charge in [0.05, 0.1) is 20.8 Å². The molecule has 9 heteroatoms. The zero-order valence-corrected chi connectivity index (χ0v) is 19.4. The second kappa shape index (κ2) is 8.74. The number of nitrogens with two attached hydrogens (primary N) is 1. The second-order valence-electron chi connectivity index (χ2n) is 8.30. The Morgan fingerprint density at radius 3 is 2.50 bits per heavy atom. The number of nitrogen functional groups attached to an aromatic ring is 1. The summed E-state index contributed by atoms with van der Waals surface area (Å²) in [7, 11) is 3.21. The van der Waals surface area contributed by atoms with Crippen molar-refractivity contribution in [2.45, 2.75) is 31.7 Å². The van der Waals surface area contributed by atoms with Crippen LogP contribution in [0.5, 0.6) is 17.2 Å². The molecule has 3 N–H and O–H groups in total. The smallest absolute Gasteiger partial charge is 0.241 e. The minimum Gasteiger partial charge on any atom is -0.494 e. The molecule has 5 rings (SSSR count). The quantitative estimate of drug-likeness (QED) is 0.571. The number of rotatable bonds is 6. The molecule has 2 aliphatic rings. The van der Waals surface area contributed by atoms with Gasteiger partial charge >= 0.3 is 0 Å². The van der Waals surface area contributed by atoms with Gasteiger partial charge in [0.1, 0.15) is 11.8 Å². The van der Waals surface area contributed by atoms with E-state index in [9.17, 15) is 4.79 Å². The SMILES string of the molecule is CCOc1ccc([C@@H]2C3=C(C[C@@H](c4ccc(OC)c(OC)c4)CC3=O)Nc3nc(N)nn32)cc1. The predicted molar refractivity (Wildman–Crippen MR) is 127 cm³/mol. The summed E-state index contributed by atoms with van der Waals surface area (Å²) in [6, 6.07) is 13.1. The lowest BCUT2D eigenvalue weighted by atomic mass is 9.78. The molecule has 0 radical (unpaired) electrons. The van der Waals surface area contributed by atoms with Gasteiger partial charge in [0.25, 0.3) is 0 Å². The number of aromatic nitrogens is 3. The van der Waals surface area contributed by atoms with Gasteiger partial charge in [-0.05, 0) is 54.7 Å². The average Bonchev–Trinajstić information content (AvgIpc) is 3.22. The molecular formula is C25H27N5O4. The number of carbonyl (C=O) groups is 1. The first-order valence-electron chi connectivity index (χ1n) is 11.2. The first-order valence-corrected chi connectivity index (χ1v) is 11.2. The van der Waals surface area contributed by atoms with E-state index in [1.54, 1.807) is 18.9 Å². The van der Waals surface area contributed by atoms with Crippen LogP contribution in [-0.2, 0) is 4.79 Å². The van der Waals surface area contributed by atoms with Crippen LogP contribution in [0.25, 0.3) is 0 Å². The van der Waals surface area contributed by atoms with Crippen LogP contribution in [0.4, 0.5) is 11.9 Å². The van der Waals surface area contributed by atoms with E-state index in [4.69, 9.17) is 19.9 Å². The number of ketones is 1. The second-order valence-corrected chi connectivity index (χ2v) is 8.30. The molecule has 0 spiro atoms. The van der Waals surface area contributed by atoms with Crippen LogP contribution in [0.3, 0.4) is 0 Å². The molecule has 1 aliphatic carbocycles. The van der Waals surface area contributed by atoms with Crippen molar-refractivity contribution >= 4 is 17.7 Å². The van der Waals surface area contributed by atoms with Crippen molar-refractivity contribution in [3.05, 3.63) is 64.9 Å². The van der Waals surface area contributed by atoms with E-state index in [0.29, 0.717) is 42.5 Å². The summed E-state index contributed by atoms with van der Waals surface area (Å²) < 4.78 is 18.1. The van der Waals surface area contributed by atoms with Crippen LogP contribution < -0.4 is 25.3 Å². The van der Waals surface area contributed by atoms with Gasteiger partial charge in [-0.25, -0.2) is 4.68 Å². The number of hydrogen-bond donors (Lipinski definition) is 2. The van der Waals surface area contributed by atoms with Gasteiger partial charge < -0.3 is 25.3 Å². The Morgan fingerprint density at radius 1 is 1.06 bits per heavy atom. The molecule has 0 saturated heterocycles. The fraction of sp³-hybridized carbons (Fsp3) is 0.320. The lowest BCUT2D eigenvalue weighted by Crippen LogP contribution is -2.33. The van der Waals surface area contributed by atoms with Gasteiger partial charge in [-0.2, -0.15) is 4.98 Å². The maximum Gasteiger partial charge on any atom is 0.241 e. The Balaban J connectivity index is 1.54. The highest BCUT2D eigenvalue weighted by Gasteiger charge is 2.39. The number of benzene rings is 2. The summed E-state index contributed by atoms with van der Waals surface area (Å²) in [5.41, 5.74) is 9.40. The highest BCUT2D eigenvalue weighted by molar-refractivity contribution is 6.00. The molecule has 0 unspecified atom stereocenters. The number of nitrogens with zero attached hydrogens (tertiary/aromatic N) is 3. The zero-order chi connectivity index (χ0) is 23.8. The molecule has 2 heterocycles. The maximum atomic E-state index is 13.6. The topological polar surface area (TPSA) is 114 Å². The Morgan fingerprint density at radius 2 is 1.79 bits per heavy atom. The Labute approximate surface area is 197 Å². The normalized spacial score (nSPS) is 19.2. The molecule has 0 fully saturated rings. The third-order valence-corrected chi connectivity index (χ3v) is 6.32. The van der Waals surface area contributed by atoms with Gasteiger partial charge in [0.2, 0.25) is 11.9 Å². The van der Waals surface area contributed by atoms with Crippen LogP contribution in [0, 0.1) is 0 Å². The van der Waals surface area contributed by atoms with Crippen molar-refractivity contribution in [2.24, 2.45) is 0 Å². The van der Waals surface area contributed by atoms with Gasteiger partial charge in [0, 0.05) is 17.7 Å². The number of fused-ring (bicyclic) bond motifs is 1. The molecule has 1 aromatic heterocycles. The van der Waals surface area contributed by atoms with E-state index < -0.39 is 6.04 Å². The summed E-state index contributed by atoms with van der Waals surface area (Å²) in [6.07, 6.45) is 1.03. The van der Waals surface area contributed by atoms with Crippen LogP contribution in [0.1, 0.15) is 42.9 Å². The van der Waals surface area contributed by atoms with Gasteiger partial charge in [-0.1, -0.05) is 18.2 Å². The molecular weight excluding hydrogens is 434 g/mol. The third-order valence-electron chi connectivity index (χ3n) is 6.32. The maximum absolute atomic E-state index is 13.6. The van der Waals surface area contributed by atoms with Crippen LogP contribution in [0.2, 0.25) is 0 Å². The number of carbonyl (C=O) groups excluding carboxylic acids is 1. The van der Waals surface area contributed by atoms with Crippen molar-refractivity contribution in [1.82, 2.24) is 14.8 Å². The number of hydrogen-bond acceptors (Lipinski definition) is 8. The van der Waals surface area contributed by atoms with Crippen LogP contribution >= 0.6 is 0 Å². The number of Topliss-reactive ketones (excluding diaryl/α,β-unsaturated/α-hetero) is 1. The largest absolute Gasteiger partial charge is 0.494 e. The molecule has 2 aromatic carbocycles. The van der Waals surface area contributed by atoms with E-state index in [1.165, 1.54) is 0 Å². The Bertz CT molecular complexity index is 1260. The predicted octanol–water partition coefficient (Wildman–Crippen LogP) is 3.69. The summed E-state index contributed by atoms with van der Waals surface area (Å²) >= 11 is 0. The minimum atomic E-state index is -0.411. The van der Waals surface area contributed by atoms with Crippen molar-refractivity contribution in [1.29, 1.82) is 0 Å². The first-order chi connectivity index (χ1) is 16.5. The summed E-state index contributed by atoms with van der Waals surface area (Å²) in [5.74, 6) is 2.81. The van der Waals surface area contributed by atoms with Gasteiger partial charge in [0.15, 0.2) is 17.3 Å². The van der Waals surface area contributed by atoms with E-state index in [1.807, 2.05) is 49.4 Å². The van der Waals surface area contributed by atoms with Gasteiger partial charge in [-0.3, -0.25) is 4.79 Å².